The van der Waals surface area contributed by atoms with Gasteiger partial charge in [0.05, 0.1) is 24.2 Å². The third-order valence-electron chi connectivity index (χ3n) is 5.55. The van der Waals surface area contributed by atoms with Crippen LogP contribution in [0.4, 0.5) is 16.3 Å². The molecular weight excluding hydrogens is 505 g/mol. The summed E-state index contributed by atoms with van der Waals surface area (Å²) in [4.78, 5) is 35.0. The lowest BCUT2D eigenvalue weighted by Crippen LogP contribution is -2.39. The van der Waals surface area contributed by atoms with Crippen molar-refractivity contribution >= 4 is 47.5 Å². The quantitative estimate of drug-likeness (QED) is 0.467. The Morgan fingerprint density at radius 1 is 1.22 bits per heavy atom. The zero-order chi connectivity index (χ0) is 25.4. The average Bonchev–Trinajstić information content (AvgIpc) is 2.82. The number of nitrogens with zero attached hydrogens (tertiary/aromatic N) is 4. The molecule has 0 atom stereocenters. The van der Waals surface area contributed by atoms with E-state index in [1.54, 1.807) is 12.1 Å². The number of anilines is 2. The molecule has 0 saturated carbocycles. The second-order valence-corrected chi connectivity index (χ2v) is 9.11. The zero-order valence-electron chi connectivity index (χ0n) is 20.5. The monoisotopic (exact) mass is 535 g/mol. The Morgan fingerprint density at radius 3 is 2.56 bits per heavy atom. The van der Waals surface area contributed by atoms with Crippen LogP contribution < -0.4 is 20.7 Å². The van der Waals surface area contributed by atoms with Gasteiger partial charge in [-0.15, -0.1) is 12.4 Å². The van der Waals surface area contributed by atoms with Gasteiger partial charge in [-0.2, -0.15) is 5.26 Å². The van der Waals surface area contributed by atoms with Crippen molar-refractivity contribution in [1.29, 1.82) is 5.26 Å². The molecule has 194 valence electrons. The average molecular weight is 536 g/mol. The number of benzene rings is 1. The minimum absolute atomic E-state index is 0. The van der Waals surface area contributed by atoms with Gasteiger partial charge in [0, 0.05) is 17.5 Å². The van der Waals surface area contributed by atoms with Crippen LogP contribution in [0.5, 0.6) is 5.75 Å². The van der Waals surface area contributed by atoms with Gasteiger partial charge in [0.2, 0.25) is 5.91 Å². The molecule has 0 bridgehead atoms. The molecule has 10 nitrogen and oxygen atoms in total. The van der Waals surface area contributed by atoms with E-state index in [2.05, 4.69) is 37.9 Å². The summed E-state index contributed by atoms with van der Waals surface area (Å²) in [6.07, 6.45) is 4.68. The fourth-order valence-electron chi connectivity index (χ4n) is 3.69. The number of hydrogen-bond acceptors (Lipinski definition) is 7. The highest BCUT2D eigenvalue weighted by Crippen LogP contribution is 2.33. The lowest BCUT2D eigenvalue weighted by atomic mass is 9.96. The first kappa shape index (κ1) is 29.1. The van der Waals surface area contributed by atoms with Crippen LogP contribution in [0.25, 0.3) is 0 Å². The molecule has 1 saturated heterocycles. The van der Waals surface area contributed by atoms with Crippen molar-refractivity contribution in [2.75, 3.05) is 37.3 Å². The van der Waals surface area contributed by atoms with Crippen LogP contribution in [-0.2, 0) is 11.2 Å². The van der Waals surface area contributed by atoms with Crippen molar-refractivity contribution in [1.82, 2.24) is 20.2 Å². The summed E-state index contributed by atoms with van der Waals surface area (Å²) in [5.74, 6) is 0.777. The van der Waals surface area contributed by atoms with Crippen LogP contribution in [0.15, 0.2) is 24.5 Å². The summed E-state index contributed by atoms with van der Waals surface area (Å²) < 4.78 is 5.90. The van der Waals surface area contributed by atoms with E-state index in [9.17, 15) is 9.59 Å². The highest BCUT2D eigenvalue weighted by atomic mass is 35.5. The summed E-state index contributed by atoms with van der Waals surface area (Å²) in [6, 6.07) is 4.70. The summed E-state index contributed by atoms with van der Waals surface area (Å²) in [6.45, 7) is 6.08. The smallest absolute Gasteiger partial charge is 0.325 e. The summed E-state index contributed by atoms with van der Waals surface area (Å²) in [5, 5.41) is 17.5. The molecule has 2 heterocycles. The van der Waals surface area contributed by atoms with Gasteiger partial charge in [-0.1, -0.05) is 11.6 Å². The molecule has 3 amide bonds. The topological polar surface area (TPSA) is 132 Å². The molecule has 0 unspecified atom stereocenters. The van der Waals surface area contributed by atoms with Crippen molar-refractivity contribution in [3.05, 3.63) is 40.8 Å². The second-order valence-electron chi connectivity index (χ2n) is 8.70. The standard InChI is InChI=1S/C24H30ClN7O3.ClH/c1-15(2)35-21-10-17(4-7-27-23(33)16-5-8-32(3)9-6-16)19(25)11-20(21)30-24(34)31-22-14-28-18(12-26)13-29-22;/h10-11,13-16H,4-9H2,1-3H3,(H,27,33)(H2,29,30,31,34);1H. The van der Waals surface area contributed by atoms with E-state index in [1.165, 1.54) is 12.4 Å². The van der Waals surface area contributed by atoms with Crippen LogP contribution in [0.1, 0.15) is 37.9 Å². The van der Waals surface area contributed by atoms with E-state index in [4.69, 9.17) is 21.6 Å². The molecule has 36 heavy (non-hydrogen) atoms. The second kappa shape index (κ2) is 13.8. The Balaban J connectivity index is 0.00000456. The molecule has 0 aliphatic carbocycles. The molecular formula is C24H31Cl2N7O3. The van der Waals surface area contributed by atoms with E-state index in [0.717, 1.165) is 31.5 Å². The van der Waals surface area contributed by atoms with Crippen molar-refractivity contribution in [2.24, 2.45) is 5.92 Å². The van der Waals surface area contributed by atoms with E-state index in [0.29, 0.717) is 29.4 Å². The number of carbonyl (C=O) groups is 2. The van der Waals surface area contributed by atoms with Crippen LogP contribution in [0.3, 0.4) is 0 Å². The van der Waals surface area contributed by atoms with Crippen molar-refractivity contribution in [2.45, 2.75) is 39.2 Å². The largest absolute Gasteiger partial charge is 0.489 e. The Hall–Kier alpha value is -3.13. The maximum Gasteiger partial charge on any atom is 0.325 e. The number of likely N-dealkylation sites (tertiary alicyclic amines) is 1. The van der Waals surface area contributed by atoms with E-state index < -0.39 is 6.03 Å². The molecule has 2 aromatic rings. The number of nitriles is 1. The van der Waals surface area contributed by atoms with Gasteiger partial charge in [0.15, 0.2) is 11.5 Å². The Labute approximate surface area is 222 Å². The van der Waals surface area contributed by atoms with Crippen molar-refractivity contribution < 1.29 is 14.3 Å². The number of urea groups is 1. The molecule has 3 rings (SSSR count). The molecule has 0 radical (unpaired) electrons. The van der Waals surface area contributed by atoms with E-state index >= 15 is 0 Å². The highest BCUT2D eigenvalue weighted by molar-refractivity contribution is 6.31. The van der Waals surface area contributed by atoms with Crippen molar-refractivity contribution in [3.8, 4) is 11.8 Å². The lowest BCUT2D eigenvalue weighted by molar-refractivity contribution is -0.126. The number of rotatable bonds is 8. The first-order valence-electron chi connectivity index (χ1n) is 11.5. The summed E-state index contributed by atoms with van der Waals surface area (Å²) in [5.41, 5.74) is 1.34. The molecule has 1 aromatic carbocycles. The summed E-state index contributed by atoms with van der Waals surface area (Å²) in [7, 11) is 2.07. The number of halogens is 2. The Morgan fingerprint density at radius 2 is 1.94 bits per heavy atom. The zero-order valence-corrected chi connectivity index (χ0v) is 22.1. The SMILES string of the molecule is CC(C)Oc1cc(CCNC(=O)C2CCN(C)CC2)c(Cl)cc1NC(=O)Nc1cnc(C#N)cn1.Cl. The lowest BCUT2D eigenvalue weighted by Gasteiger charge is -2.28. The van der Waals surface area contributed by atoms with E-state index in [-0.39, 0.29) is 41.8 Å². The predicted octanol–water partition coefficient (Wildman–Crippen LogP) is 3.86. The fourth-order valence-corrected chi connectivity index (χ4v) is 3.95. The van der Waals surface area contributed by atoms with Gasteiger partial charge in [-0.25, -0.2) is 14.8 Å². The minimum atomic E-state index is -0.563. The Bertz CT molecular complexity index is 1080. The van der Waals surface area contributed by atoms with Gasteiger partial charge < -0.3 is 20.3 Å². The number of nitrogens with one attached hydrogen (secondary N) is 3. The molecule has 1 aliphatic heterocycles. The number of aromatic nitrogens is 2. The van der Waals surface area contributed by atoms with E-state index in [1.807, 2.05) is 19.9 Å². The normalized spacial score (nSPS) is 13.9. The highest BCUT2D eigenvalue weighted by Gasteiger charge is 2.23. The third-order valence-corrected chi connectivity index (χ3v) is 5.90. The van der Waals surface area contributed by atoms with Crippen LogP contribution in [0, 0.1) is 17.2 Å². The number of ether oxygens (including phenoxy) is 1. The fraction of sp³-hybridized carbons (Fsp3) is 0.458. The summed E-state index contributed by atoms with van der Waals surface area (Å²) >= 11 is 6.50. The van der Waals surface area contributed by atoms with Gasteiger partial charge in [-0.3, -0.25) is 10.1 Å². The molecule has 3 N–H and O–H groups in total. The van der Waals surface area contributed by atoms with Gasteiger partial charge in [0.25, 0.3) is 0 Å². The molecule has 1 fully saturated rings. The first-order valence-corrected chi connectivity index (χ1v) is 11.9. The number of carbonyl (C=O) groups excluding carboxylic acids is 2. The molecule has 1 aliphatic rings. The maximum absolute atomic E-state index is 12.5. The van der Waals surface area contributed by atoms with Crippen molar-refractivity contribution in [3.63, 3.8) is 0 Å². The van der Waals surface area contributed by atoms with Gasteiger partial charge in [0.1, 0.15) is 11.8 Å². The minimum Gasteiger partial charge on any atom is -0.489 e. The van der Waals surface area contributed by atoms with Gasteiger partial charge >= 0.3 is 6.03 Å². The van der Waals surface area contributed by atoms with Crippen LogP contribution in [0.2, 0.25) is 5.02 Å². The number of piperidine rings is 1. The Kier molecular flexibility index (Phi) is 11.2. The van der Waals surface area contributed by atoms with Gasteiger partial charge in [-0.05, 0) is 70.9 Å². The van der Waals surface area contributed by atoms with Crippen LogP contribution >= 0.6 is 24.0 Å². The third kappa shape index (κ3) is 8.52. The number of hydrogen-bond donors (Lipinski definition) is 3. The molecule has 0 spiro atoms. The molecule has 1 aromatic heterocycles. The maximum atomic E-state index is 12.5. The van der Waals surface area contributed by atoms with Crippen LogP contribution in [-0.4, -0.2) is 59.6 Å². The molecule has 12 heteroatoms. The predicted molar refractivity (Wildman–Crippen MR) is 141 cm³/mol. The first-order chi connectivity index (χ1) is 16.7. The number of amides is 3.